The monoisotopic (exact) mass is 116 g/mol. The SMILES string of the molecule is CC[C@@H]1CC[C@@H](F)C1. The lowest BCUT2D eigenvalue weighted by Gasteiger charge is -2.00. The zero-order chi connectivity index (χ0) is 5.98. The first-order valence-corrected chi connectivity index (χ1v) is 3.47. The minimum absolute atomic E-state index is 0.472. The van der Waals surface area contributed by atoms with E-state index in [9.17, 15) is 4.39 Å². The highest BCUT2D eigenvalue weighted by Crippen LogP contribution is 2.29. The Balaban J connectivity index is 2.22. The third-order valence-corrected chi connectivity index (χ3v) is 2.05. The van der Waals surface area contributed by atoms with Gasteiger partial charge >= 0.3 is 0 Å². The van der Waals surface area contributed by atoms with Crippen molar-refractivity contribution in [3.05, 3.63) is 0 Å². The normalized spacial score (nSPS) is 38.2. The fourth-order valence-electron chi connectivity index (χ4n) is 1.38. The molecule has 1 saturated carbocycles. The molecule has 0 nitrogen and oxygen atoms in total. The Morgan fingerprint density at radius 3 is 2.50 bits per heavy atom. The van der Waals surface area contributed by atoms with Crippen molar-refractivity contribution in [2.24, 2.45) is 5.92 Å². The predicted octanol–water partition coefficient (Wildman–Crippen LogP) is 2.53. The molecule has 0 spiro atoms. The van der Waals surface area contributed by atoms with Crippen molar-refractivity contribution in [1.82, 2.24) is 0 Å². The zero-order valence-corrected chi connectivity index (χ0v) is 5.36. The van der Waals surface area contributed by atoms with Crippen LogP contribution in [0.25, 0.3) is 0 Å². The predicted molar refractivity (Wildman–Crippen MR) is 32.5 cm³/mol. The van der Waals surface area contributed by atoms with Crippen LogP contribution in [0, 0.1) is 5.92 Å². The topological polar surface area (TPSA) is 0 Å². The minimum atomic E-state index is -0.472. The number of halogens is 1. The third kappa shape index (κ3) is 1.21. The maximum atomic E-state index is 12.4. The molecule has 1 aliphatic rings. The van der Waals surface area contributed by atoms with Gasteiger partial charge < -0.3 is 0 Å². The molecule has 2 atom stereocenters. The number of hydrogen-bond donors (Lipinski definition) is 0. The van der Waals surface area contributed by atoms with Gasteiger partial charge in [-0.3, -0.25) is 0 Å². The van der Waals surface area contributed by atoms with Gasteiger partial charge in [0.25, 0.3) is 0 Å². The van der Waals surface area contributed by atoms with E-state index in [2.05, 4.69) is 6.92 Å². The molecule has 48 valence electrons. The number of rotatable bonds is 1. The summed E-state index contributed by atoms with van der Waals surface area (Å²) >= 11 is 0. The molecule has 0 radical (unpaired) electrons. The lowest BCUT2D eigenvalue weighted by atomic mass is 10.1. The van der Waals surface area contributed by atoms with Crippen LogP contribution in [-0.2, 0) is 0 Å². The van der Waals surface area contributed by atoms with Gasteiger partial charge in [-0.1, -0.05) is 13.3 Å². The molecule has 0 unspecified atom stereocenters. The first-order chi connectivity index (χ1) is 3.83. The average Bonchev–Trinajstić information content (AvgIpc) is 2.14. The molecule has 0 heterocycles. The van der Waals surface area contributed by atoms with Crippen LogP contribution in [0.4, 0.5) is 4.39 Å². The Labute approximate surface area is 50.1 Å². The second kappa shape index (κ2) is 2.47. The first kappa shape index (κ1) is 6.06. The maximum absolute atomic E-state index is 12.4. The van der Waals surface area contributed by atoms with Gasteiger partial charge in [0, 0.05) is 0 Å². The molecule has 1 fully saturated rings. The van der Waals surface area contributed by atoms with Gasteiger partial charge in [-0.15, -0.1) is 0 Å². The Morgan fingerprint density at radius 1 is 1.50 bits per heavy atom. The van der Waals surface area contributed by atoms with E-state index >= 15 is 0 Å². The van der Waals surface area contributed by atoms with Gasteiger partial charge in [-0.25, -0.2) is 4.39 Å². The molecular formula is C7H13F. The summed E-state index contributed by atoms with van der Waals surface area (Å²) in [6.45, 7) is 2.14. The van der Waals surface area contributed by atoms with Crippen molar-refractivity contribution >= 4 is 0 Å². The number of hydrogen-bond acceptors (Lipinski definition) is 0. The molecule has 0 N–H and O–H groups in total. The lowest BCUT2D eigenvalue weighted by molar-refractivity contribution is 0.329. The van der Waals surface area contributed by atoms with Crippen molar-refractivity contribution < 1.29 is 4.39 Å². The van der Waals surface area contributed by atoms with Crippen LogP contribution in [0.3, 0.4) is 0 Å². The van der Waals surface area contributed by atoms with Crippen LogP contribution in [0.5, 0.6) is 0 Å². The van der Waals surface area contributed by atoms with Crippen LogP contribution in [0.1, 0.15) is 32.6 Å². The van der Waals surface area contributed by atoms with E-state index in [0.717, 1.165) is 19.3 Å². The summed E-state index contributed by atoms with van der Waals surface area (Å²) in [6.07, 6.45) is 3.47. The van der Waals surface area contributed by atoms with Gasteiger partial charge in [0.1, 0.15) is 6.17 Å². The molecule has 1 heteroatoms. The second-order valence-corrected chi connectivity index (χ2v) is 2.68. The molecule has 8 heavy (non-hydrogen) atoms. The van der Waals surface area contributed by atoms with Crippen molar-refractivity contribution in [2.45, 2.75) is 38.8 Å². The van der Waals surface area contributed by atoms with E-state index in [0.29, 0.717) is 5.92 Å². The van der Waals surface area contributed by atoms with Crippen LogP contribution >= 0.6 is 0 Å². The first-order valence-electron chi connectivity index (χ1n) is 3.47. The van der Waals surface area contributed by atoms with Crippen LogP contribution in [-0.4, -0.2) is 6.17 Å². The Bertz CT molecular complexity index is 70.8. The average molecular weight is 116 g/mol. The quantitative estimate of drug-likeness (QED) is 0.494. The van der Waals surface area contributed by atoms with E-state index in [1.54, 1.807) is 0 Å². The Hall–Kier alpha value is -0.0700. The van der Waals surface area contributed by atoms with Gasteiger partial charge in [-0.2, -0.15) is 0 Å². The van der Waals surface area contributed by atoms with Gasteiger partial charge in [-0.05, 0) is 25.2 Å². The molecule has 0 saturated heterocycles. The number of alkyl halides is 1. The fraction of sp³-hybridized carbons (Fsp3) is 1.00. The van der Waals surface area contributed by atoms with Gasteiger partial charge in [0.05, 0.1) is 0 Å². The molecule has 0 aromatic rings. The minimum Gasteiger partial charge on any atom is -0.247 e. The molecule has 1 rings (SSSR count). The highest BCUT2D eigenvalue weighted by molar-refractivity contribution is 4.73. The summed E-state index contributed by atoms with van der Waals surface area (Å²) in [5.41, 5.74) is 0. The molecule has 1 aliphatic carbocycles. The third-order valence-electron chi connectivity index (χ3n) is 2.05. The molecule has 0 bridgehead atoms. The van der Waals surface area contributed by atoms with E-state index in [1.807, 2.05) is 0 Å². The highest BCUT2D eigenvalue weighted by Gasteiger charge is 2.21. The molecular weight excluding hydrogens is 103 g/mol. The highest BCUT2D eigenvalue weighted by atomic mass is 19.1. The molecule has 0 aromatic heterocycles. The molecule has 0 aliphatic heterocycles. The van der Waals surface area contributed by atoms with E-state index in [-0.39, 0.29) is 0 Å². The summed E-state index contributed by atoms with van der Waals surface area (Å²) in [4.78, 5) is 0. The maximum Gasteiger partial charge on any atom is 0.100 e. The standard InChI is InChI=1S/C7H13F/c1-2-6-3-4-7(8)5-6/h6-7H,2-5H2,1H3/t6-,7-/m1/s1. The second-order valence-electron chi connectivity index (χ2n) is 2.68. The van der Waals surface area contributed by atoms with Crippen LogP contribution < -0.4 is 0 Å². The van der Waals surface area contributed by atoms with Gasteiger partial charge in [0.15, 0.2) is 0 Å². The zero-order valence-electron chi connectivity index (χ0n) is 5.36. The fourth-order valence-corrected chi connectivity index (χ4v) is 1.38. The molecule has 0 amide bonds. The van der Waals surface area contributed by atoms with E-state index < -0.39 is 6.17 Å². The Kier molecular flexibility index (Phi) is 1.87. The Morgan fingerprint density at radius 2 is 2.25 bits per heavy atom. The largest absolute Gasteiger partial charge is 0.247 e. The van der Waals surface area contributed by atoms with Crippen LogP contribution in [0.2, 0.25) is 0 Å². The molecule has 0 aromatic carbocycles. The summed E-state index contributed by atoms with van der Waals surface area (Å²) < 4.78 is 12.4. The van der Waals surface area contributed by atoms with E-state index in [1.165, 1.54) is 6.42 Å². The smallest absolute Gasteiger partial charge is 0.100 e. The lowest BCUT2D eigenvalue weighted by Crippen LogP contribution is -1.92. The van der Waals surface area contributed by atoms with E-state index in [4.69, 9.17) is 0 Å². The van der Waals surface area contributed by atoms with Gasteiger partial charge in [0.2, 0.25) is 0 Å². The summed E-state index contributed by atoms with van der Waals surface area (Å²) in [5.74, 6) is 0.699. The van der Waals surface area contributed by atoms with Crippen molar-refractivity contribution in [3.8, 4) is 0 Å². The van der Waals surface area contributed by atoms with Crippen molar-refractivity contribution in [3.63, 3.8) is 0 Å². The van der Waals surface area contributed by atoms with Crippen molar-refractivity contribution in [1.29, 1.82) is 0 Å². The summed E-state index contributed by atoms with van der Waals surface area (Å²) in [6, 6.07) is 0. The summed E-state index contributed by atoms with van der Waals surface area (Å²) in [7, 11) is 0. The van der Waals surface area contributed by atoms with Crippen molar-refractivity contribution in [2.75, 3.05) is 0 Å². The van der Waals surface area contributed by atoms with Crippen LogP contribution in [0.15, 0.2) is 0 Å². The summed E-state index contributed by atoms with van der Waals surface area (Å²) in [5, 5.41) is 0.